The number of carbonyl (C=O) groups is 1. The maximum absolute atomic E-state index is 11.7. The zero-order valence-electron chi connectivity index (χ0n) is 10.1. The number of ether oxygens (including phenoxy) is 1. The average Bonchev–Trinajstić information content (AvgIpc) is 2.16. The molecule has 0 radical (unpaired) electrons. The lowest BCUT2D eigenvalue weighted by atomic mass is 10.3. The molecule has 0 saturated heterocycles. The number of esters is 1. The standard InChI is InChI=1S/C12H17NO2S/c1-5-15-11(14)9-7-6-8-13-10(9)16-12(2,3)4/h6-8H,5H2,1-4H3. The Morgan fingerprint density at radius 1 is 1.50 bits per heavy atom. The lowest BCUT2D eigenvalue weighted by Gasteiger charge is -2.18. The van der Waals surface area contributed by atoms with E-state index in [-0.39, 0.29) is 10.7 Å². The Balaban J connectivity index is 2.96. The van der Waals surface area contributed by atoms with Crippen LogP contribution in [-0.4, -0.2) is 22.3 Å². The van der Waals surface area contributed by atoms with Gasteiger partial charge >= 0.3 is 5.97 Å². The molecule has 0 atom stereocenters. The van der Waals surface area contributed by atoms with Crippen LogP contribution in [0.5, 0.6) is 0 Å². The third-order valence-electron chi connectivity index (χ3n) is 1.67. The van der Waals surface area contributed by atoms with Crippen molar-refractivity contribution in [2.24, 2.45) is 0 Å². The number of rotatable bonds is 3. The Morgan fingerprint density at radius 3 is 2.75 bits per heavy atom. The van der Waals surface area contributed by atoms with E-state index in [2.05, 4.69) is 25.8 Å². The van der Waals surface area contributed by atoms with Gasteiger partial charge in [0.15, 0.2) is 0 Å². The van der Waals surface area contributed by atoms with Crippen LogP contribution < -0.4 is 0 Å². The Hall–Kier alpha value is -1.03. The molecular weight excluding hydrogens is 222 g/mol. The molecule has 0 saturated carbocycles. The van der Waals surface area contributed by atoms with Gasteiger partial charge in [-0.1, -0.05) is 32.5 Å². The Labute approximate surface area is 101 Å². The molecule has 0 unspecified atom stereocenters. The van der Waals surface area contributed by atoms with Crippen molar-refractivity contribution in [2.45, 2.75) is 37.5 Å². The van der Waals surface area contributed by atoms with E-state index in [0.29, 0.717) is 12.2 Å². The van der Waals surface area contributed by atoms with Crippen LogP contribution in [0.1, 0.15) is 38.1 Å². The fraction of sp³-hybridized carbons (Fsp3) is 0.500. The Bertz CT molecular complexity index is 372. The van der Waals surface area contributed by atoms with Crippen LogP contribution in [-0.2, 0) is 4.74 Å². The SMILES string of the molecule is CCOC(=O)c1cccnc1SC(C)(C)C. The molecule has 16 heavy (non-hydrogen) atoms. The molecule has 1 aromatic rings. The van der Waals surface area contributed by atoms with E-state index in [1.165, 1.54) is 0 Å². The summed E-state index contributed by atoms with van der Waals surface area (Å²) in [5, 5.41) is 0.730. The molecule has 1 rings (SSSR count). The number of aromatic nitrogens is 1. The van der Waals surface area contributed by atoms with Crippen molar-refractivity contribution in [1.29, 1.82) is 0 Å². The number of hydrogen-bond acceptors (Lipinski definition) is 4. The first-order valence-electron chi connectivity index (χ1n) is 5.25. The van der Waals surface area contributed by atoms with E-state index < -0.39 is 0 Å². The van der Waals surface area contributed by atoms with E-state index in [4.69, 9.17) is 4.74 Å². The van der Waals surface area contributed by atoms with E-state index in [0.717, 1.165) is 5.03 Å². The highest BCUT2D eigenvalue weighted by Gasteiger charge is 2.19. The van der Waals surface area contributed by atoms with Crippen LogP contribution in [0.4, 0.5) is 0 Å². The quantitative estimate of drug-likeness (QED) is 0.600. The summed E-state index contributed by atoms with van der Waals surface area (Å²) in [6, 6.07) is 3.50. The van der Waals surface area contributed by atoms with Gasteiger partial charge in [0.25, 0.3) is 0 Å². The fourth-order valence-electron chi connectivity index (χ4n) is 1.13. The van der Waals surface area contributed by atoms with Crippen LogP contribution in [0, 0.1) is 0 Å². The van der Waals surface area contributed by atoms with Gasteiger partial charge in [-0.2, -0.15) is 0 Å². The number of pyridine rings is 1. The van der Waals surface area contributed by atoms with Gasteiger partial charge < -0.3 is 4.74 Å². The van der Waals surface area contributed by atoms with Crippen molar-refractivity contribution in [2.75, 3.05) is 6.61 Å². The van der Waals surface area contributed by atoms with Gasteiger partial charge in [0.1, 0.15) is 5.03 Å². The average molecular weight is 239 g/mol. The molecule has 3 nitrogen and oxygen atoms in total. The zero-order chi connectivity index (χ0) is 12.2. The second-order valence-corrected chi connectivity index (χ2v) is 6.11. The van der Waals surface area contributed by atoms with E-state index in [1.54, 1.807) is 37.0 Å². The molecule has 1 heterocycles. The molecule has 0 N–H and O–H groups in total. The van der Waals surface area contributed by atoms with E-state index in [1.807, 2.05) is 0 Å². The predicted octanol–water partition coefficient (Wildman–Crippen LogP) is 3.15. The number of carbonyl (C=O) groups excluding carboxylic acids is 1. The van der Waals surface area contributed by atoms with Crippen LogP contribution >= 0.6 is 11.8 Å². The summed E-state index contributed by atoms with van der Waals surface area (Å²) in [7, 11) is 0. The molecule has 0 aliphatic carbocycles. The van der Waals surface area contributed by atoms with Crippen LogP contribution in [0.15, 0.2) is 23.4 Å². The molecule has 88 valence electrons. The molecule has 0 spiro atoms. The molecule has 4 heteroatoms. The molecule has 0 bridgehead atoms. The maximum atomic E-state index is 11.7. The molecule has 0 aliphatic rings. The maximum Gasteiger partial charge on any atom is 0.340 e. The van der Waals surface area contributed by atoms with Gasteiger partial charge in [-0.05, 0) is 19.1 Å². The lowest BCUT2D eigenvalue weighted by molar-refractivity contribution is 0.0521. The summed E-state index contributed by atoms with van der Waals surface area (Å²) >= 11 is 1.57. The van der Waals surface area contributed by atoms with E-state index in [9.17, 15) is 4.79 Å². The third kappa shape index (κ3) is 3.85. The highest BCUT2D eigenvalue weighted by atomic mass is 32.2. The van der Waals surface area contributed by atoms with Crippen LogP contribution in [0.3, 0.4) is 0 Å². The Morgan fingerprint density at radius 2 is 2.19 bits per heavy atom. The second-order valence-electron chi connectivity index (χ2n) is 4.29. The van der Waals surface area contributed by atoms with Gasteiger partial charge in [0.2, 0.25) is 0 Å². The minimum Gasteiger partial charge on any atom is -0.462 e. The van der Waals surface area contributed by atoms with Crippen molar-refractivity contribution < 1.29 is 9.53 Å². The van der Waals surface area contributed by atoms with Crippen molar-refractivity contribution >= 4 is 17.7 Å². The lowest BCUT2D eigenvalue weighted by Crippen LogP contribution is -2.12. The largest absolute Gasteiger partial charge is 0.462 e. The first-order valence-corrected chi connectivity index (χ1v) is 6.07. The van der Waals surface area contributed by atoms with Crippen molar-refractivity contribution in [3.8, 4) is 0 Å². The zero-order valence-corrected chi connectivity index (χ0v) is 10.9. The summed E-state index contributed by atoms with van der Waals surface area (Å²) in [5.41, 5.74) is 0.546. The smallest absolute Gasteiger partial charge is 0.340 e. The second kappa shape index (κ2) is 5.34. The van der Waals surface area contributed by atoms with E-state index >= 15 is 0 Å². The molecule has 0 amide bonds. The van der Waals surface area contributed by atoms with Gasteiger partial charge in [0, 0.05) is 10.9 Å². The summed E-state index contributed by atoms with van der Waals surface area (Å²) in [6.07, 6.45) is 1.69. The highest BCUT2D eigenvalue weighted by Crippen LogP contribution is 2.32. The summed E-state index contributed by atoms with van der Waals surface area (Å²) in [4.78, 5) is 15.9. The van der Waals surface area contributed by atoms with Gasteiger partial charge in [-0.25, -0.2) is 9.78 Å². The van der Waals surface area contributed by atoms with Crippen LogP contribution in [0.25, 0.3) is 0 Å². The number of nitrogens with zero attached hydrogens (tertiary/aromatic N) is 1. The van der Waals surface area contributed by atoms with Crippen LogP contribution in [0.2, 0.25) is 0 Å². The minimum atomic E-state index is -0.303. The van der Waals surface area contributed by atoms with Gasteiger partial charge in [-0.3, -0.25) is 0 Å². The summed E-state index contributed by atoms with van der Waals surface area (Å²) in [6.45, 7) is 8.43. The summed E-state index contributed by atoms with van der Waals surface area (Å²) < 4.78 is 5.01. The molecule has 0 fully saturated rings. The number of hydrogen-bond donors (Lipinski definition) is 0. The van der Waals surface area contributed by atoms with Gasteiger partial charge in [-0.15, -0.1) is 0 Å². The molecule has 0 aliphatic heterocycles. The number of thioether (sulfide) groups is 1. The predicted molar refractivity (Wildman–Crippen MR) is 65.8 cm³/mol. The van der Waals surface area contributed by atoms with Gasteiger partial charge in [0.05, 0.1) is 12.2 Å². The first-order chi connectivity index (χ1) is 7.44. The Kier molecular flexibility index (Phi) is 4.35. The van der Waals surface area contributed by atoms with Crippen molar-refractivity contribution in [3.63, 3.8) is 0 Å². The molecule has 1 aromatic heterocycles. The third-order valence-corrected chi connectivity index (χ3v) is 2.80. The summed E-state index contributed by atoms with van der Waals surface area (Å²) in [5.74, 6) is -0.303. The molecule has 0 aromatic carbocycles. The highest BCUT2D eigenvalue weighted by molar-refractivity contribution is 8.00. The molecular formula is C12H17NO2S. The normalized spacial score (nSPS) is 11.2. The monoisotopic (exact) mass is 239 g/mol. The van der Waals surface area contributed by atoms with Crippen molar-refractivity contribution in [3.05, 3.63) is 23.9 Å². The topological polar surface area (TPSA) is 39.2 Å². The van der Waals surface area contributed by atoms with Crippen molar-refractivity contribution in [1.82, 2.24) is 4.98 Å². The first kappa shape index (κ1) is 13.0. The fourth-order valence-corrected chi connectivity index (χ4v) is 2.08. The minimum absolute atomic E-state index is 0.0234.